The van der Waals surface area contributed by atoms with Crippen LogP contribution in [0.3, 0.4) is 0 Å². The van der Waals surface area contributed by atoms with Crippen molar-refractivity contribution in [2.75, 3.05) is 19.8 Å². The van der Waals surface area contributed by atoms with Crippen molar-refractivity contribution in [3.8, 4) is 0 Å². The number of carboxylic acid groups (broad SMARTS) is 1. The number of benzene rings is 1. The van der Waals surface area contributed by atoms with Crippen LogP contribution in [0.1, 0.15) is 29.8 Å². The first-order chi connectivity index (χ1) is 12.1. The van der Waals surface area contributed by atoms with Crippen molar-refractivity contribution >= 4 is 22.6 Å². The molecule has 7 heteroatoms. The molecule has 0 spiro atoms. The van der Waals surface area contributed by atoms with E-state index in [0.29, 0.717) is 36.8 Å². The Kier molecular flexibility index (Phi) is 5.14. The van der Waals surface area contributed by atoms with Gasteiger partial charge in [-0.3, -0.25) is 14.4 Å². The summed E-state index contributed by atoms with van der Waals surface area (Å²) in [7, 11) is 0. The molecule has 0 unspecified atom stereocenters. The van der Waals surface area contributed by atoms with Crippen LogP contribution in [-0.4, -0.2) is 52.7 Å². The summed E-state index contributed by atoms with van der Waals surface area (Å²) in [6, 6.07) is 8.60. The summed E-state index contributed by atoms with van der Waals surface area (Å²) in [5.41, 5.74) is -0.146. The number of fused-ring (bicyclic) bond motifs is 1. The fourth-order valence-electron chi connectivity index (χ4n) is 3.14. The molecule has 132 valence electrons. The van der Waals surface area contributed by atoms with E-state index in [2.05, 4.69) is 4.98 Å². The van der Waals surface area contributed by atoms with E-state index in [4.69, 9.17) is 9.84 Å². The molecule has 0 atom stereocenters. The van der Waals surface area contributed by atoms with Crippen LogP contribution in [0.5, 0.6) is 0 Å². The molecule has 0 saturated carbocycles. The van der Waals surface area contributed by atoms with Crippen LogP contribution < -0.4 is 5.56 Å². The standard InChI is InChI=1S/C18H20N2O5/c21-16(22)5-8-20(13-6-9-25-10-7-13)18(24)15-11-12-3-1-2-4-14(12)17(23)19-15/h1-4,11,13H,5-10H2,(H,19,23)(H,21,22). The highest BCUT2D eigenvalue weighted by Crippen LogP contribution is 2.18. The van der Waals surface area contributed by atoms with Crippen LogP contribution >= 0.6 is 0 Å². The number of aromatic nitrogens is 1. The predicted octanol–water partition coefficient (Wildman–Crippen LogP) is 1.62. The number of nitrogens with one attached hydrogen (secondary N) is 1. The molecule has 2 N–H and O–H groups in total. The first-order valence-corrected chi connectivity index (χ1v) is 8.29. The number of carbonyl (C=O) groups is 2. The van der Waals surface area contributed by atoms with Crippen molar-refractivity contribution in [3.05, 3.63) is 46.4 Å². The first-order valence-electron chi connectivity index (χ1n) is 8.29. The SMILES string of the molecule is O=C(O)CCN(C(=O)c1cc2ccccc2c(=O)[nH]1)C1CCOCC1. The van der Waals surface area contributed by atoms with Gasteiger partial charge in [0.15, 0.2) is 0 Å². The van der Waals surface area contributed by atoms with Gasteiger partial charge < -0.3 is 19.7 Å². The summed E-state index contributed by atoms with van der Waals surface area (Å²) in [5.74, 6) is -1.31. The lowest BCUT2D eigenvalue weighted by atomic mass is 10.1. The van der Waals surface area contributed by atoms with Crippen molar-refractivity contribution in [2.45, 2.75) is 25.3 Å². The maximum absolute atomic E-state index is 13.0. The van der Waals surface area contributed by atoms with Gasteiger partial charge in [0.05, 0.1) is 6.42 Å². The number of rotatable bonds is 5. The Bertz CT molecular complexity index is 839. The van der Waals surface area contributed by atoms with Crippen LogP contribution in [0.15, 0.2) is 35.1 Å². The number of hydrogen-bond acceptors (Lipinski definition) is 4. The normalized spacial score (nSPS) is 15.2. The topological polar surface area (TPSA) is 99.7 Å². The second-order valence-electron chi connectivity index (χ2n) is 6.09. The Labute approximate surface area is 144 Å². The lowest BCUT2D eigenvalue weighted by Gasteiger charge is -2.34. The Morgan fingerprint density at radius 3 is 2.68 bits per heavy atom. The number of aliphatic carboxylic acids is 1. The molecular weight excluding hydrogens is 324 g/mol. The summed E-state index contributed by atoms with van der Waals surface area (Å²) < 4.78 is 5.33. The maximum atomic E-state index is 13.0. The minimum atomic E-state index is -0.961. The summed E-state index contributed by atoms with van der Waals surface area (Å²) in [6.07, 6.45) is 1.17. The molecule has 1 amide bonds. The molecule has 1 aliphatic rings. The molecule has 1 aromatic heterocycles. The molecule has 0 radical (unpaired) electrons. The number of nitrogens with zero attached hydrogens (tertiary/aromatic N) is 1. The smallest absolute Gasteiger partial charge is 0.305 e. The van der Waals surface area contributed by atoms with Crippen molar-refractivity contribution in [2.24, 2.45) is 0 Å². The van der Waals surface area contributed by atoms with Gasteiger partial charge in [0.25, 0.3) is 11.5 Å². The fourth-order valence-corrected chi connectivity index (χ4v) is 3.14. The number of pyridine rings is 1. The highest BCUT2D eigenvalue weighted by atomic mass is 16.5. The lowest BCUT2D eigenvalue weighted by Crippen LogP contribution is -2.45. The van der Waals surface area contributed by atoms with Gasteiger partial charge in [0.2, 0.25) is 0 Å². The van der Waals surface area contributed by atoms with Gasteiger partial charge in [-0.1, -0.05) is 18.2 Å². The zero-order chi connectivity index (χ0) is 17.8. The fraction of sp³-hybridized carbons (Fsp3) is 0.389. The van der Waals surface area contributed by atoms with Crippen molar-refractivity contribution in [1.82, 2.24) is 9.88 Å². The van der Waals surface area contributed by atoms with Crippen LogP contribution in [0.4, 0.5) is 0 Å². The average Bonchev–Trinajstić information content (AvgIpc) is 2.62. The third kappa shape index (κ3) is 3.88. The van der Waals surface area contributed by atoms with E-state index in [0.717, 1.165) is 0 Å². The molecule has 1 aromatic carbocycles. The predicted molar refractivity (Wildman–Crippen MR) is 91.7 cm³/mol. The van der Waals surface area contributed by atoms with E-state index in [1.165, 1.54) is 0 Å². The second kappa shape index (κ2) is 7.48. The zero-order valence-electron chi connectivity index (χ0n) is 13.7. The van der Waals surface area contributed by atoms with Crippen molar-refractivity contribution in [1.29, 1.82) is 0 Å². The van der Waals surface area contributed by atoms with Gasteiger partial charge in [0.1, 0.15) is 5.69 Å². The minimum absolute atomic E-state index is 0.0874. The van der Waals surface area contributed by atoms with Gasteiger partial charge in [-0.2, -0.15) is 0 Å². The van der Waals surface area contributed by atoms with Gasteiger partial charge >= 0.3 is 5.97 Å². The second-order valence-corrected chi connectivity index (χ2v) is 6.09. The molecular formula is C18H20N2O5. The number of ether oxygens (including phenoxy) is 1. The third-order valence-electron chi connectivity index (χ3n) is 4.44. The maximum Gasteiger partial charge on any atom is 0.305 e. The van der Waals surface area contributed by atoms with Gasteiger partial charge in [-0.15, -0.1) is 0 Å². The number of aromatic amines is 1. The molecule has 1 fully saturated rings. The molecule has 1 saturated heterocycles. The van der Waals surface area contributed by atoms with Gasteiger partial charge in [0, 0.05) is 31.2 Å². The highest BCUT2D eigenvalue weighted by molar-refractivity contribution is 5.96. The summed E-state index contributed by atoms with van der Waals surface area (Å²) in [6.45, 7) is 1.18. The summed E-state index contributed by atoms with van der Waals surface area (Å²) >= 11 is 0. The quantitative estimate of drug-likeness (QED) is 0.859. The minimum Gasteiger partial charge on any atom is -0.481 e. The Balaban J connectivity index is 1.93. The lowest BCUT2D eigenvalue weighted by molar-refractivity contribution is -0.137. The van der Waals surface area contributed by atoms with E-state index in [1.54, 1.807) is 35.2 Å². The summed E-state index contributed by atoms with van der Waals surface area (Å²) in [4.78, 5) is 40.3. The van der Waals surface area contributed by atoms with E-state index in [1.807, 2.05) is 0 Å². The van der Waals surface area contributed by atoms with Crippen LogP contribution in [-0.2, 0) is 9.53 Å². The van der Waals surface area contributed by atoms with Crippen molar-refractivity contribution in [3.63, 3.8) is 0 Å². The van der Waals surface area contributed by atoms with Crippen LogP contribution in [0, 0.1) is 0 Å². The molecule has 1 aliphatic heterocycles. The highest BCUT2D eigenvalue weighted by Gasteiger charge is 2.27. The Morgan fingerprint density at radius 1 is 1.24 bits per heavy atom. The Morgan fingerprint density at radius 2 is 1.96 bits per heavy atom. The molecule has 25 heavy (non-hydrogen) atoms. The number of amides is 1. The van der Waals surface area contributed by atoms with Gasteiger partial charge in [-0.05, 0) is 30.4 Å². The van der Waals surface area contributed by atoms with Crippen LogP contribution in [0.2, 0.25) is 0 Å². The van der Waals surface area contributed by atoms with E-state index >= 15 is 0 Å². The van der Waals surface area contributed by atoms with Gasteiger partial charge in [-0.25, -0.2) is 0 Å². The van der Waals surface area contributed by atoms with Crippen molar-refractivity contribution < 1.29 is 19.4 Å². The average molecular weight is 344 g/mol. The monoisotopic (exact) mass is 344 g/mol. The molecule has 0 aliphatic carbocycles. The summed E-state index contributed by atoms with van der Waals surface area (Å²) in [5, 5.41) is 10.2. The number of H-pyrrole nitrogens is 1. The zero-order valence-corrected chi connectivity index (χ0v) is 13.7. The molecule has 2 aromatic rings. The molecule has 2 heterocycles. The van der Waals surface area contributed by atoms with E-state index in [-0.39, 0.29) is 36.2 Å². The molecule has 0 bridgehead atoms. The van der Waals surface area contributed by atoms with Crippen LogP contribution in [0.25, 0.3) is 10.8 Å². The first kappa shape index (κ1) is 17.2. The third-order valence-corrected chi connectivity index (χ3v) is 4.44. The number of carboxylic acids is 1. The number of carbonyl (C=O) groups excluding carboxylic acids is 1. The van der Waals surface area contributed by atoms with E-state index in [9.17, 15) is 14.4 Å². The largest absolute Gasteiger partial charge is 0.481 e. The van der Waals surface area contributed by atoms with E-state index < -0.39 is 5.97 Å². The molecule has 7 nitrogen and oxygen atoms in total. The molecule has 3 rings (SSSR count). The number of hydrogen-bond donors (Lipinski definition) is 2. The Hall–Kier alpha value is -2.67.